The van der Waals surface area contributed by atoms with Gasteiger partial charge in [0.15, 0.2) is 12.2 Å². The average Bonchev–Trinajstić information content (AvgIpc) is 2.98. The number of fused-ring (bicyclic) bond motifs is 2. The zero-order valence-corrected chi connectivity index (χ0v) is 26.8. The molecule has 228 valence electrons. The van der Waals surface area contributed by atoms with Gasteiger partial charge in [0.2, 0.25) is 5.76 Å². The minimum atomic E-state index is -3.17. The number of ether oxygens (including phenoxy) is 4. The maximum absolute atomic E-state index is 13.3. The zero-order chi connectivity index (χ0) is 31.0. The summed E-state index contributed by atoms with van der Waals surface area (Å²) >= 11 is 0. The molecule has 0 aromatic heterocycles. The van der Waals surface area contributed by atoms with Crippen LogP contribution in [-0.4, -0.2) is 58.6 Å². The van der Waals surface area contributed by atoms with Crippen LogP contribution in [0, 0.1) is 0 Å². The van der Waals surface area contributed by atoms with E-state index in [2.05, 4.69) is 41.5 Å². The molecular weight excluding hydrogens is 564 g/mol. The highest BCUT2D eigenvalue weighted by molar-refractivity contribution is 6.73. The van der Waals surface area contributed by atoms with Crippen LogP contribution in [0.2, 0.25) is 10.1 Å². The second kappa shape index (κ2) is 11.8. The first-order valence-electron chi connectivity index (χ1n) is 14.5. The lowest BCUT2D eigenvalue weighted by atomic mass is 9.99. The maximum atomic E-state index is 13.3. The van der Waals surface area contributed by atoms with Crippen LogP contribution in [-0.2, 0) is 27.9 Å². The van der Waals surface area contributed by atoms with Crippen molar-refractivity contribution in [3.8, 4) is 5.75 Å². The Morgan fingerprint density at radius 3 is 2.09 bits per heavy atom. The summed E-state index contributed by atoms with van der Waals surface area (Å²) in [5.74, 6) is -0.618. The minimum absolute atomic E-state index is 0.0711. The Hall–Kier alpha value is -3.66. The van der Waals surface area contributed by atoms with E-state index in [0.29, 0.717) is 11.3 Å². The lowest BCUT2D eigenvalue weighted by molar-refractivity contribution is -0.178. The largest absolute Gasteiger partial charge is 0.491 e. The predicted octanol–water partition coefficient (Wildman–Crippen LogP) is 6.73. The van der Waals surface area contributed by atoms with Crippen molar-refractivity contribution in [2.75, 3.05) is 13.7 Å². The van der Waals surface area contributed by atoms with Gasteiger partial charge in [-0.05, 0) is 35.0 Å². The molecule has 2 aliphatic rings. The molecule has 1 unspecified atom stereocenters. The number of methoxy groups -OCH3 is 1. The summed E-state index contributed by atoms with van der Waals surface area (Å²) in [4.78, 5) is 26.0. The Morgan fingerprint density at radius 2 is 1.44 bits per heavy atom. The molecule has 0 bridgehead atoms. The van der Waals surface area contributed by atoms with Gasteiger partial charge in [0.05, 0.1) is 12.7 Å². The standard InChI is InChI=1S/C34H40O8Si/c1-33(2,3)43(34(4,5)6)41-28(21-38-25-18-17-22-13-11-12-16-24(22)19-25)29-30(42-43)26(20-27(39-29)32(36)37-7)40-31(35)23-14-9-8-10-15-23/h8-20,26,28-30H,21H2,1-7H3/t26-,28?,29-,30-/m1/s1. The van der Waals surface area contributed by atoms with Crippen LogP contribution in [0.3, 0.4) is 0 Å². The van der Waals surface area contributed by atoms with Gasteiger partial charge in [0, 0.05) is 16.2 Å². The van der Waals surface area contributed by atoms with Crippen molar-refractivity contribution < 1.29 is 37.4 Å². The normalized spacial score (nSPS) is 23.4. The summed E-state index contributed by atoms with van der Waals surface area (Å²) in [5, 5.41) is 1.38. The van der Waals surface area contributed by atoms with E-state index in [1.807, 2.05) is 48.5 Å². The molecule has 0 N–H and O–H groups in total. The first kappa shape index (κ1) is 30.8. The lowest BCUT2D eigenvalue weighted by Gasteiger charge is -2.58. The van der Waals surface area contributed by atoms with E-state index in [0.717, 1.165) is 10.8 Å². The molecular formula is C34H40O8Si. The van der Waals surface area contributed by atoms with Crippen LogP contribution in [0.25, 0.3) is 10.8 Å². The molecule has 0 amide bonds. The van der Waals surface area contributed by atoms with Gasteiger partial charge in [0.1, 0.15) is 24.6 Å². The third kappa shape index (κ3) is 6.07. The van der Waals surface area contributed by atoms with E-state index in [1.54, 1.807) is 24.3 Å². The topological polar surface area (TPSA) is 89.5 Å². The fourth-order valence-corrected chi connectivity index (χ4v) is 11.1. The van der Waals surface area contributed by atoms with Crippen molar-refractivity contribution in [3.63, 3.8) is 0 Å². The van der Waals surface area contributed by atoms with Crippen LogP contribution in [0.4, 0.5) is 0 Å². The number of carbonyl (C=O) groups is 2. The quantitative estimate of drug-likeness (QED) is 0.226. The van der Waals surface area contributed by atoms with Crippen LogP contribution in [0.5, 0.6) is 5.75 Å². The Morgan fingerprint density at radius 1 is 0.791 bits per heavy atom. The lowest BCUT2D eigenvalue weighted by Crippen LogP contribution is -2.71. The van der Waals surface area contributed by atoms with Crippen molar-refractivity contribution in [2.45, 2.75) is 76.0 Å². The highest BCUT2D eigenvalue weighted by Gasteiger charge is 2.66. The summed E-state index contributed by atoms with van der Waals surface area (Å²) in [6.07, 6.45) is -1.69. The molecule has 2 heterocycles. The summed E-state index contributed by atoms with van der Waals surface area (Å²) in [6, 6.07) is 22.7. The van der Waals surface area contributed by atoms with Crippen LogP contribution >= 0.6 is 0 Å². The van der Waals surface area contributed by atoms with Crippen molar-refractivity contribution in [3.05, 3.63) is 90.2 Å². The molecule has 5 rings (SSSR count). The van der Waals surface area contributed by atoms with Crippen molar-refractivity contribution in [1.82, 2.24) is 0 Å². The van der Waals surface area contributed by atoms with Gasteiger partial charge in [-0.1, -0.05) is 90.1 Å². The van der Waals surface area contributed by atoms with Crippen LogP contribution < -0.4 is 4.74 Å². The van der Waals surface area contributed by atoms with Gasteiger partial charge in [0.25, 0.3) is 0 Å². The molecule has 43 heavy (non-hydrogen) atoms. The number of rotatable bonds is 6. The third-order valence-corrected chi connectivity index (χ3v) is 13.1. The molecule has 2 aliphatic heterocycles. The van der Waals surface area contributed by atoms with Gasteiger partial charge < -0.3 is 27.8 Å². The first-order chi connectivity index (χ1) is 20.3. The molecule has 8 nitrogen and oxygen atoms in total. The van der Waals surface area contributed by atoms with Gasteiger partial charge in [-0.25, -0.2) is 9.59 Å². The minimum Gasteiger partial charge on any atom is -0.491 e. The maximum Gasteiger partial charge on any atom is 0.373 e. The summed E-state index contributed by atoms with van der Waals surface area (Å²) in [7, 11) is -1.89. The summed E-state index contributed by atoms with van der Waals surface area (Å²) in [6.45, 7) is 12.8. The molecule has 0 radical (unpaired) electrons. The van der Waals surface area contributed by atoms with Gasteiger partial charge in [-0.2, -0.15) is 0 Å². The molecule has 0 aliphatic carbocycles. The molecule has 1 saturated heterocycles. The fourth-order valence-electron chi connectivity index (χ4n) is 6.09. The van der Waals surface area contributed by atoms with Crippen molar-refractivity contribution in [2.24, 2.45) is 0 Å². The van der Waals surface area contributed by atoms with Gasteiger partial charge in [-0.3, -0.25) is 0 Å². The van der Waals surface area contributed by atoms with Crippen molar-refractivity contribution >= 4 is 31.3 Å². The summed E-state index contributed by atoms with van der Waals surface area (Å²) < 4.78 is 37.7. The Balaban J connectivity index is 1.54. The highest BCUT2D eigenvalue weighted by Crippen LogP contribution is 2.56. The van der Waals surface area contributed by atoms with E-state index < -0.39 is 55.0 Å². The van der Waals surface area contributed by atoms with E-state index in [1.165, 1.54) is 13.2 Å². The molecule has 9 heteroatoms. The number of hydrogen-bond acceptors (Lipinski definition) is 8. The molecule has 3 aromatic rings. The SMILES string of the molecule is COC(=O)C1=C[C@@H](OC(=O)c2ccccc2)[C@H]2O[Si](C(C)(C)C)(C(C)(C)C)OC(COc3ccc4ccccc4c3)[C@H]2O1. The Kier molecular flexibility index (Phi) is 8.44. The highest BCUT2D eigenvalue weighted by atomic mass is 28.4. The van der Waals surface area contributed by atoms with Gasteiger partial charge >= 0.3 is 20.5 Å². The fraction of sp³-hybridized carbons (Fsp3) is 0.412. The number of hydrogen-bond donors (Lipinski definition) is 0. The van der Waals surface area contributed by atoms with E-state index in [9.17, 15) is 9.59 Å². The van der Waals surface area contributed by atoms with Crippen LogP contribution in [0.1, 0.15) is 51.9 Å². The predicted molar refractivity (Wildman–Crippen MR) is 165 cm³/mol. The number of esters is 2. The second-order valence-electron chi connectivity index (χ2n) is 13.0. The first-order valence-corrected chi connectivity index (χ1v) is 16.3. The van der Waals surface area contributed by atoms with E-state index in [-0.39, 0.29) is 12.4 Å². The molecule has 1 fully saturated rings. The average molecular weight is 605 g/mol. The monoisotopic (exact) mass is 604 g/mol. The molecule has 3 aromatic carbocycles. The number of carbonyl (C=O) groups excluding carboxylic acids is 2. The Labute approximate surface area is 254 Å². The molecule has 0 saturated carbocycles. The molecule has 4 atom stereocenters. The van der Waals surface area contributed by atoms with E-state index >= 15 is 0 Å². The van der Waals surface area contributed by atoms with E-state index in [4.69, 9.17) is 27.8 Å². The number of benzene rings is 3. The zero-order valence-electron chi connectivity index (χ0n) is 25.8. The van der Waals surface area contributed by atoms with Gasteiger partial charge in [-0.15, -0.1) is 0 Å². The summed E-state index contributed by atoms with van der Waals surface area (Å²) in [5.41, 5.74) is 0.386. The Bertz CT molecular complexity index is 1490. The van der Waals surface area contributed by atoms with Crippen molar-refractivity contribution in [1.29, 1.82) is 0 Å². The molecule has 0 spiro atoms. The smallest absolute Gasteiger partial charge is 0.373 e. The van der Waals surface area contributed by atoms with Crippen LogP contribution in [0.15, 0.2) is 84.6 Å². The third-order valence-electron chi connectivity index (χ3n) is 7.96. The second-order valence-corrected chi connectivity index (χ2v) is 17.7.